The highest BCUT2D eigenvalue weighted by atomic mass is 79.9. The van der Waals surface area contributed by atoms with Gasteiger partial charge >= 0.3 is 0 Å². The second-order valence-corrected chi connectivity index (χ2v) is 5.00. The van der Waals surface area contributed by atoms with Gasteiger partial charge in [0.1, 0.15) is 0 Å². The van der Waals surface area contributed by atoms with Gasteiger partial charge in [0, 0.05) is 21.1 Å². The van der Waals surface area contributed by atoms with Crippen LogP contribution in [0.1, 0.15) is 0 Å². The van der Waals surface area contributed by atoms with E-state index < -0.39 is 17.5 Å². The average molecular weight is 326 g/mol. The number of H-pyrrole nitrogens is 1. The third kappa shape index (κ3) is 2.04. The van der Waals surface area contributed by atoms with Gasteiger partial charge in [0.2, 0.25) is 0 Å². The Hall–Kier alpha value is -1.75. The minimum absolute atomic E-state index is 0.263. The van der Waals surface area contributed by atoms with E-state index in [0.717, 1.165) is 27.5 Å². The van der Waals surface area contributed by atoms with E-state index in [0.29, 0.717) is 5.69 Å². The van der Waals surface area contributed by atoms with Crippen LogP contribution in [-0.4, -0.2) is 4.98 Å². The Kier molecular flexibility index (Phi) is 2.86. The summed E-state index contributed by atoms with van der Waals surface area (Å²) in [5, 5.41) is 0.898. The van der Waals surface area contributed by atoms with Crippen LogP contribution in [-0.2, 0) is 0 Å². The summed E-state index contributed by atoms with van der Waals surface area (Å²) < 4.78 is 40.2. The van der Waals surface area contributed by atoms with Gasteiger partial charge < -0.3 is 4.98 Å². The first-order valence-electron chi connectivity index (χ1n) is 5.48. The van der Waals surface area contributed by atoms with E-state index in [1.807, 2.05) is 18.2 Å². The Morgan fingerprint density at radius 2 is 1.63 bits per heavy atom. The van der Waals surface area contributed by atoms with Crippen LogP contribution < -0.4 is 0 Å². The number of para-hydroxylation sites is 1. The first-order chi connectivity index (χ1) is 9.06. The van der Waals surface area contributed by atoms with Crippen molar-refractivity contribution in [3.05, 3.63) is 58.3 Å². The Bertz CT molecular complexity index is 756. The number of aromatic nitrogens is 1. The van der Waals surface area contributed by atoms with Crippen LogP contribution in [0, 0.1) is 17.5 Å². The van der Waals surface area contributed by atoms with Crippen LogP contribution in [0.15, 0.2) is 40.9 Å². The molecular formula is C14H7BrF3N. The van der Waals surface area contributed by atoms with Gasteiger partial charge in [-0.15, -0.1) is 0 Å². The second-order valence-electron chi connectivity index (χ2n) is 4.14. The number of halogens is 4. The molecule has 5 heteroatoms. The molecule has 0 aliphatic heterocycles. The van der Waals surface area contributed by atoms with Crippen molar-refractivity contribution in [2.75, 3.05) is 0 Å². The molecule has 0 spiro atoms. The molecule has 3 rings (SSSR count). The number of benzene rings is 2. The Morgan fingerprint density at radius 3 is 2.26 bits per heavy atom. The number of nitrogens with one attached hydrogen (secondary N) is 1. The van der Waals surface area contributed by atoms with Crippen molar-refractivity contribution in [3.63, 3.8) is 0 Å². The molecule has 0 fully saturated rings. The fraction of sp³-hybridized carbons (Fsp3) is 0. The summed E-state index contributed by atoms with van der Waals surface area (Å²) in [6.45, 7) is 0. The highest BCUT2D eigenvalue weighted by molar-refractivity contribution is 9.10. The van der Waals surface area contributed by atoms with E-state index in [2.05, 4.69) is 20.9 Å². The van der Waals surface area contributed by atoms with Crippen LogP contribution in [0.3, 0.4) is 0 Å². The summed E-state index contributed by atoms with van der Waals surface area (Å²) in [7, 11) is 0. The summed E-state index contributed by atoms with van der Waals surface area (Å²) in [5.41, 5.74) is 1.61. The SMILES string of the molecule is Fc1cc(-c2cc3cccc(Br)c3[nH]2)cc(F)c1F. The number of hydrogen-bond donors (Lipinski definition) is 1. The van der Waals surface area contributed by atoms with E-state index in [1.165, 1.54) is 0 Å². The van der Waals surface area contributed by atoms with Crippen LogP contribution >= 0.6 is 15.9 Å². The predicted molar refractivity (Wildman–Crippen MR) is 71.3 cm³/mol. The second kappa shape index (κ2) is 4.42. The standard InChI is InChI=1S/C14H7BrF3N/c15-9-3-1-2-7-6-12(19-14(7)9)8-4-10(16)13(18)11(17)5-8/h1-6,19H. The molecule has 1 N–H and O–H groups in total. The van der Waals surface area contributed by atoms with E-state index in [9.17, 15) is 13.2 Å². The fourth-order valence-corrected chi connectivity index (χ4v) is 2.47. The maximum Gasteiger partial charge on any atom is 0.194 e. The highest BCUT2D eigenvalue weighted by Crippen LogP contribution is 2.30. The van der Waals surface area contributed by atoms with E-state index in [-0.39, 0.29) is 5.56 Å². The first kappa shape index (κ1) is 12.3. The molecular weight excluding hydrogens is 319 g/mol. The van der Waals surface area contributed by atoms with Gasteiger partial charge in [-0.2, -0.15) is 0 Å². The monoisotopic (exact) mass is 325 g/mol. The number of rotatable bonds is 1. The molecule has 1 nitrogen and oxygen atoms in total. The third-order valence-electron chi connectivity index (χ3n) is 2.90. The zero-order valence-corrected chi connectivity index (χ0v) is 11.1. The average Bonchev–Trinajstić information content (AvgIpc) is 2.81. The van der Waals surface area contributed by atoms with Crippen molar-refractivity contribution in [3.8, 4) is 11.3 Å². The molecule has 0 unspecified atom stereocenters. The van der Waals surface area contributed by atoms with Crippen molar-refractivity contribution in [2.24, 2.45) is 0 Å². The van der Waals surface area contributed by atoms with Gasteiger partial charge in [0.15, 0.2) is 17.5 Å². The Morgan fingerprint density at radius 1 is 0.947 bits per heavy atom. The summed E-state index contributed by atoms with van der Waals surface area (Å²) in [4.78, 5) is 3.05. The minimum atomic E-state index is -1.46. The van der Waals surface area contributed by atoms with Gasteiger partial charge in [-0.25, -0.2) is 13.2 Å². The Balaban J connectivity index is 2.22. The molecule has 0 aliphatic carbocycles. The first-order valence-corrected chi connectivity index (χ1v) is 6.27. The van der Waals surface area contributed by atoms with Crippen molar-refractivity contribution in [2.45, 2.75) is 0 Å². The molecule has 0 atom stereocenters. The quantitative estimate of drug-likeness (QED) is 0.605. The summed E-state index contributed by atoms with van der Waals surface area (Å²) in [6, 6.07) is 9.28. The summed E-state index contributed by atoms with van der Waals surface area (Å²) in [5.74, 6) is -3.86. The lowest BCUT2D eigenvalue weighted by Gasteiger charge is -2.00. The molecule has 2 aromatic carbocycles. The topological polar surface area (TPSA) is 15.8 Å². The lowest BCUT2D eigenvalue weighted by Crippen LogP contribution is -1.91. The molecule has 3 aromatic rings. The summed E-state index contributed by atoms with van der Waals surface area (Å²) in [6.07, 6.45) is 0. The lowest BCUT2D eigenvalue weighted by atomic mass is 10.1. The zero-order valence-electron chi connectivity index (χ0n) is 9.48. The molecule has 96 valence electrons. The number of fused-ring (bicyclic) bond motifs is 1. The highest BCUT2D eigenvalue weighted by Gasteiger charge is 2.13. The van der Waals surface area contributed by atoms with Crippen molar-refractivity contribution < 1.29 is 13.2 Å². The predicted octanol–water partition coefficient (Wildman–Crippen LogP) is 5.01. The lowest BCUT2D eigenvalue weighted by molar-refractivity contribution is 0.447. The molecule has 0 radical (unpaired) electrons. The fourth-order valence-electron chi connectivity index (χ4n) is 1.99. The molecule has 0 aliphatic rings. The van der Waals surface area contributed by atoms with Gasteiger partial charge in [-0.1, -0.05) is 12.1 Å². The summed E-state index contributed by atoms with van der Waals surface area (Å²) >= 11 is 3.38. The molecule has 0 bridgehead atoms. The van der Waals surface area contributed by atoms with E-state index >= 15 is 0 Å². The van der Waals surface area contributed by atoms with Crippen molar-refractivity contribution in [1.29, 1.82) is 0 Å². The Labute approximate surface area is 115 Å². The maximum absolute atomic E-state index is 13.2. The molecule has 19 heavy (non-hydrogen) atoms. The normalized spacial score (nSPS) is 11.2. The molecule has 0 saturated heterocycles. The maximum atomic E-state index is 13.2. The molecule has 1 aromatic heterocycles. The van der Waals surface area contributed by atoms with Crippen LogP contribution in [0.25, 0.3) is 22.2 Å². The van der Waals surface area contributed by atoms with Gasteiger partial charge in [0.25, 0.3) is 0 Å². The van der Waals surface area contributed by atoms with E-state index in [4.69, 9.17) is 0 Å². The third-order valence-corrected chi connectivity index (χ3v) is 3.56. The number of hydrogen-bond acceptors (Lipinski definition) is 0. The number of aromatic amines is 1. The van der Waals surface area contributed by atoms with Crippen LogP contribution in [0.5, 0.6) is 0 Å². The van der Waals surface area contributed by atoms with Gasteiger partial charge in [-0.3, -0.25) is 0 Å². The van der Waals surface area contributed by atoms with Crippen LogP contribution in [0.2, 0.25) is 0 Å². The zero-order chi connectivity index (χ0) is 13.6. The molecule has 0 saturated carbocycles. The molecule has 0 amide bonds. The molecule has 1 heterocycles. The van der Waals surface area contributed by atoms with Crippen LogP contribution in [0.4, 0.5) is 13.2 Å². The smallest absolute Gasteiger partial charge is 0.194 e. The van der Waals surface area contributed by atoms with Crippen molar-refractivity contribution in [1.82, 2.24) is 4.98 Å². The largest absolute Gasteiger partial charge is 0.354 e. The minimum Gasteiger partial charge on any atom is -0.354 e. The van der Waals surface area contributed by atoms with Gasteiger partial charge in [0.05, 0.1) is 5.52 Å². The van der Waals surface area contributed by atoms with Gasteiger partial charge in [-0.05, 0) is 40.2 Å². The van der Waals surface area contributed by atoms with E-state index in [1.54, 1.807) is 6.07 Å². The van der Waals surface area contributed by atoms with Crippen molar-refractivity contribution >= 4 is 26.8 Å².